The molecule has 7 nitrogen and oxygen atoms in total. The smallest absolute Gasteiger partial charge is 0.234 e. The largest absolute Gasteiger partial charge is 0.382 e. The number of hydrogen-bond acceptors (Lipinski definition) is 8. The summed E-state index contributed by atoms with van der Waals surface area (Å²) in [6.45, 7) is 1.87. The Balaban J connectivity index is 1.68. The molecule has 0 aliphatic carbocycles. The van der Waals surface area contributed by atoms with E-state index in [1.807, 2.05) is 37.4 Å². The van der Waals surface area contributed by atoms with E-state index in [1.54, 1.807) is 23.9 Å². The second-order valence-corrected chi connectivity index (χ2v) is 10.0. The van der Waals surface area contributed by atoms with Crippen molar-refractivity contribution < 1.29 is 13.2 Å². The van der Waals surface area contributed by atoms with E-state index in [0.29, 0.717) is 5.69 Å². The molecule has 30 heavy (non-hydrogen) atoms. The van der Waals surface area contributed by atoms with E-state index >= 15 is 0 Å². The number of thioether (sulfide) groups is 2. The van der Waals surface area contributed by atoms with Crippen LogP contribution >= 0.6 is 23.5 Å². The first-order chi connectivity index (χ1) is 14.3. The van der Waals surface area contributed by atoms with Crippen LogP contribution in [0.4, 0.5) is 11.5 Å². The summed E-state index contributed by atoms with van der Waals surface area (Å²) in [5.74, 6) is -0.314. The van der Waals surface area contributed by atoms with Crippen molar-refractivity contribution in [3.8, 4) is 0 Å². The third-order valence-corrected chi connectivity index (χ3v) is 7.44. The highest BCUT2D eigenvalue weighted by Gasteiger charge is 2.22. The van der Waals surface area contributed by atoms with Crippen molar-refractivity contribution >= 4 is 50.8 Å². The molecule has 3 aromatic rings. The standard InChI is InChI=1S/C20H20N4O3S3/c1-13-6-8-16(9-7-13)30(26,27)17-11-22-20(24-19(17)21)29-12-18(25)23-14-4-3-5-15(10-14)28-2/h3-11H,12H2,1-2H3,(H,23,25)(H2,21,22,24). The number of nitrogens with one attached hydrogen (secondary N) is 1. The molecule has 1 heterocycles. The van der Waals surface area contributed by atoms with E-state index in [4.69, 9.17) is 5.73 Å². The van der Waals surface area contributed by atoms with Gasteiger partial charge < -0.3 is 11.1 Å². The van der Waals surface area contributed by atoms with Gasteiger partial charge in [-0.1, -0.05) is 35.5 Å². The Bertz CT molecular complexity index is 1170. The van der Waals surface area contributed by atoms with E-state index in [1.165, 1.54) is 18.3 Å². The van der Waals surface area contributed by atoms with Crippen molar-refractivity contribution in [2.24, 2.45) is 0 Å². The number of amides is 1. The molecule has 0 atom stereocenters. The summed E-state index contributed by atoms with van der Waals surface area (Å²) in [7, 11) is -3.82. The molecule has 0 saturated carbocycles. The van der Waals surface area contributed by atoms with Crippen molar-refractivity contribution in [1.82, 2.24) is 9.97 Å². The second-order valence-electron chi connectivity index (χ2n) is 6.29. The highest BCUT2D eigenvalue weighted by atomic mass is 32.2. The van der Waals surface area contributed by atoms with Crippen LogP contribution in [0.3, 0.4) is 0 Å². The van der Waals surface area contributed by atoms with Crippen LogP contribution in [0, 0.1) is 6.92 Å². The molecule has 0 fully saturated rings. The van der Waals surface area contributed by atoms with Gasteiger partial charge in [0.05, 0.1) is 16.8 Å². The van der Waals surface area contributed by atoms with Crippen LogP contribution in [0.15, 0.2) is 74.6 Å². The minimum Gasteiger partial charge on any atom is -0.382 e. The number of aromatic nitrogens is 2. The van der Waals surface area contributed by atoms with Gasteiger partial charge in [0.25, 0.3) is 0 Å². The molecule has 3 rings (SSSR count). The van der Waals surface area contributed by atoms with Gasteiger partial charge in [0.1, 0.15) is 10.7 Å². The third kappa shape index (κ3) is 5.32. The number of sulfone groups is 1. The second kappa shape index (κ2) is 9.50. The topological polar surface area (TPSA) is 115 Å². The lowest BCUT2D eigenvalue weighted by atomic mass is 10.2. The Morgan fingerprint density at radius 1 is 1.17 bits per heavy atom. The van der Waals surface area contributed by atoms with Crippen LogP contribution < -0.4 is 11.1 Å². The fourth-order valence-electron chi connectivity index (χ4n) is 2.52. The van der Waals surface area contributed by atoms with E-state index in [-0.39, 0.29) is 32.4 Å². The van der Waals surface area contributed by atoms with Crippen molar-refractivity contribution in [2.75, 3.05) is 23.1 Å². The van der Waals surface area contributed by atoms with Gasteiger partial charge in [0.2, 0.25) is 15.7 Å². The van der Waals surface area contributed by atoms with Gasteiger partial charge in [-0.3, -0.25) is 4.79 Å². The van der Waals surface area contributed by atoms with Crippen LogP contribution in [-0.4, -0.2) is 36.3 Å². The van der Waals surface area contributed by atoms with Gasteiger partial charge in [-0.15, -0.1) is 11.8 Å². The van der Waals surface area contributed by atoms with Crippen molar-refractivity contribution in [2.45, 2.75) is 26.8 Å². The van der Waals surface area contributed by atoms with Gasteiger partial charge in [-0.25, -0.2) is 18.4 Å². The summed E-state index contributed by atoms with van der Waals surface area (Å²) in [5.41, 5.74) is 7.54. The maximum absolute atomic E-state index is 12.8. The minimum atomic E-state index is -3.82. The first-order valence-electron chi connectivity index (χ1n) is 8.80. The van der Waals surface area contributed by atoms with Crippen molar-refractivity contribution in [3.63, 3.8) is 0 Å². The van der Waals surface area contributed by atoms with Gasteiger partial charge in [0, 0.05) is 10.6 Å². The Morgan fingerprint density at radius 3 is 2.57 bits per heavy atom. The van der Waals surface area contributed by atoms with Gasteiger partial charge in [0.15, 0.2) is 5.16 Å². The van der Waals surface area contributed by atoms with E-state index in [2.05, 4.69) is 15.3 Å². The number of aryl methyl sites for hydroxylation is 1. The molecule has 10 heteroatoms. The Hall–Kier alpha value is -2.56. The number of nitrogen functional groups attached to an aromatic ring is 1. The lowest BCUT2D eigenvalue weighted by molar-refractivity contribution is -0.113. The van der Waals surface area contributed by atoms with Gasteiger partial charge in [-0.2, -0.15) is 0 Å². The number of carbonyl (C=O) groups is 1. The van der Waals surface area contributed by atoms with Crippen LogP contribution in [0.1, 0.15) is 5.56 Å². The monoisotopic (exact) mass is 460 g/mol. The zero-order chi connectivity index (χ0) is 21.7. The molecule has 3 N–H and O–H groups in total. The highest BCUT2D eigenvalue weighted by Crippen LogP contribution is 2.26. The van der Waals surface area contributed by atoms with Gasteiger partial charge in [-0.05, 0) is 43.5 Å². The molecule has 0 spiro atoms. The van der Waals surface area contributed by atoms with E-state index in [9.17, 15) is 13.2 Å². The lowest BCUT2D eigenvalue weighted by Crippen LogP contribution is -2.14. The number of hydrogen-bond donors (Lipinski definition) is 2. The lowest BCUT2D eigenvalue weighted by Gasteiger charge is -2.09. The molecular formula is C20H20N4O3S3. The SMILES string of the molecule is CSc1cccc(NC(=O)CSc2ncc(S(=O)(=O)c3ccc(C)cc3)c(N)n2)c1. The summed E-state index contributed by atoms with van der Waals surface area (Å²) in [6.07, 6.45) is 3.14. The summed E-state index contributed by atoms with van der Waals surface area (Å²) in [4.78, 5) is 21.3. The van der Waals surface area contributed by atoms with Crippen molar-refractivity contribution in [1.29, 1.82) is 0 Å². The molecule has 0 aliphatic heterocycles. The molecule has 0 bridgehead atoms. The predicted octanol–water partition coefficient (Wildman–Crippen LogP) is 3.65. The molecular weight excluding hydrogens is 440 g/mol. The third-order valence-electron chi connectivity index (χ3n) is 4.07. The average Bonchev–Trinajstić information content (AvgIpc) is 2.72. The quantitative estimate of drug-likeness (QED) is 0.405. The molecule has 2 aromatic carbocycles. The molecule has 0 saturated heterocycles. The number of benzene rings is 2. The number of anilines is 2. The maximum Gasteiger partial charge on any atom is 0.234 e. The Labute approximate surface area is 183 Å². The van der Waals surface area contributed by atoms with Crippen molar-refractivity contribution in [3.05, 3.63) is 60.3 Å². The van der Waals surface area contributed by atoms with Gasteiger partial charge >= 0.3 is 0 Å². The number of nitrogens with zero attached hydrogens (tertiary/aromatic N) is 2. The molecule has 0 aliphatic rings. The van der Waals surface area contributed by atoms with E-state index < -0.39 is 9.84 Å². The number of nitrogens with two attached hydrogens (primary N) is 1. The number of carbonyl (C=O) groups excluding carboxylic acids is 1. The zero-order valence-corrected chi connectivity index (χ0v) is 18.8. The predicted molar refractivity (Wildman–Crippen MR) is 121 cm³/mol. The minimum absolute atomic E-state index is 0.0625. The first-order valence-corrected chi connectivity index (χ1v) is 12.5. The fourth-order valence-corrected chi connectivity index (χ4v) is 4.86. The highest BCUT2D eigenvalue weighted by molar-refractivity contribution is 7.99. The summed E-state index contributed by atoms with van der Waals surface area (Å²) in [6, 6.07) is 14.0. The first kappa shape index (κ1) is 22.1. The van der Waals surface area contributed by atoms with Crippen LogP contribution in [0.25, 0.3) is 0 Å². The summed E-state index contributed by atoms with van der Waals surface area (Å²) in [5, 5.41) is 3.03. The number of rotatable bonds is 7. The Morgan fingerprint density at radius 2 is 1.90 bits per heavy atom. The van der Waals surface area contributed by atoms with Crippen LogP contribution in [0.5, 0.6) is 0 Å². The molecule has 0 radical (unpaired) electrons. The van der Waals surface area contributed by atoms with Crippen LogP contribution in [-0.2, 0) is 14.6 Å². The average molecular weight is 461 g/mol. The summed E-state index contributed by atoms with van der Waals surface area (Å²) >= 11 is 2.66. The molecule has 156 valence electrons. The summed E-state index contributed by atoms with van der Waals surface area (Å²) < 4.78 is 25.5. The maximum atomic E-state index is 12.8. The molecule has 0 unspecified atom stereocenters. The van der Waals surface area contributed by atoms with Crippen LogP contribution in [0.2, 0.25) is 0 Å². The fraction of sp³-hybridized carbons (Fsp3) is 0.150. The zero-order valence-electron chi connectivity index (χ0n) is 16.3. The molecule has 1 aromatic heterocycles. The molecule has 1 amide bonds. The van der Waals surface area contributed by atoms with E-state index in [0.717, 1.165) is 22.2 Å². The normalized spacial score (nSPS) is 11.3. The Kier molecular flexibility index (Phi) is 7.01.